The third-order valence-electron chi connectivity index (χ3n) is 4.38. The van der Waals surface area contributed by atoms with Crippen molar-refractivity contribution in [3.05, 3.63) is 62.5 Å². The van der Waals surface area contributed by atoms with Gasteiger partial charge in [-0.3, -0.25) is 0 Å². The van der Waals surface area contributed by atoms with Crippen LogP contribution in [0.25, 0.3) is 0 Å². The van der Waals surface area contributed by atoms with E-state index >= 15 is 0 Å². The molecule has 0 amide bonds. The number of nitrogens with one attached hydrogen (secondary N) is 1. The fourth-order valence-electron chi connectivity index (χ4n) is 3.15. The van der Waals surface area contributed by atoms with Crippen LogP contribution in [-0.2, 0) is 19.1 Å². The monoisotopic (exact) mass is 469 g/mol. The third-order valence-corrected chi connectivity index (χ3v) is 6.51. The van der Waals surface area contributed by atoms with E-state index in [1.807, 2.05) is 0 Å². The van der Waals surface area contributed by atoms with Crippen LogP contribution >= 0.6 is 0 Å². The Hall–Kier alpha value is -2.68. The van der Waals surface area contributed by atoms with Gasteiger partial charge in [0.2, 0.25) is 0 Å². The van der Waals surface area contributed by atoms with Gasteiger partial charge in [0.1, 0.15) is 0 Å². The van der Waals surface area contributed by atoms with Crippen molar-refractivity contribution in [1.29, 1.82) is 0 Å². The number of dihydropyridines is 1. The van der Waals surface area contributed by atoms with Gasteiger partial charge >= 0.3 is 174 Å². The zero-order valence-electron chi connectivity index (χ0n) is 16.4. The molecule has 156 valence electrons. The van der Waals surface area contributed by atoms with E-state index in [-0.39, 0.29) is 31.8 Å². The van der Waals surface area contributed by atoms with Crippen molar-refractivity contribution in [2.24, 2.45) is 5.73 Å². The Labute approximate surface area is 174 Å². The Morgan fingerprint density at radius 3 is 2.48 bits per heavy atom. The van der Waals surface area contributed by atoms with E-state index in [0.29, 0.717) is 28.8 Å². The maximum atomic E-state index is 12.7. The van der Waals surface area contributed by atoms with Crippen molar-refractivity contribution < 1.29 is 24.0 Å². The molecule has 1 aliphatic rings. The molecule has 0 bridgehead atoms. The minimum atomic E-state index is -0.847. The van der Waals surface area contributed by atoms with Crippen molar-refractivity contribution in [3.63, 3.8) is 0 Å². The van der Waals surface area contributed by atoms with E-state index in [1.165, 1.54) is 32.4 Å². The average Bonchev–Trinajstić information content (AvgIpc) is 2.72. The number of non-ortho nitro benzene ring substituents is 1. The quantitative estimate of drug-likeness (QED) is 0.193. The molecule has 29 heavy (non-hydrogen) atoms. The van der Waals surface area contributed by atoms with Crippen LogP contribution in [-0.4, -0.2) is 52.6 Å². The van der Waals surface area contributed by atoms with Crippen LogP contribution in [0, 0.1) is 10.1 Å². The minimum absolute atomic E-state index is 0.132. The first-order valence-electron chi connectivity index (χ1n) is 8.75. The number of esters is 2. The van der Waals surface area contributed by atoms with Gasteiger partial charge in [0.25, 0.3) is 0 Å². The molecular formula is C19H23N3O6Se. The Balaban J connectivity index is 2.70. The second-order valence-electron chi connectivity index (χ2n) is 6.17. The van der Waals surface area contributed by atoms with E-state index in [2.05, 4.69) is 5.32 Å². The van der Waals surface area contributed by atoms with Gasteiger partial charge in [0.05, 0.1) is 0 Å². The molecule has 9 nitrogen and oxygen atoms in total. The van der Waals surface area contributed by atoms with E-state index in [4.69, 9.17) is 15.2 Å². The van der Waals surface area contributed by atoms with E-state index in [0.717, 1.165) is 5.32 Å². The van der Waals surface area contributed by atoms with Gasteiger partial charge in [-0.05, 0) is 0 Å². The number of benzene rings is 1. The number of ether oxygens (including phenoxy) is 2. The van der Waals surface area contributed by atoms with E-state index in [9.17, 15) is 19.7 Å². The molecule has 0 spiro atoms. The van der Waals surface area contributed by atoms with Crippen LogP contribution in [0.3, 0.4) is 0 Å². The molecule has 0 fully saturated rings. The third kappa shape index (κ3) is 5.03. The Morgan fingerprint density at radius 2 is 1.90 bits per heavy atom. The van der Waals surface area contributed by atoms with Crippen LogP contribution in [0.1, 0.15) is 18.4 Å². The van der Waals surface area contributed by atoms with Crippen molar-refractivity contribution in [2.75, 3.05) is 20.8 Å². The number of hydrogen-bond acceptors (Lipinski definition) is 8. The number of nitro benzene ring substituents is 1. The summed E-state index contributed by atoms with van der Waals surface area (Å²) in [6, 6.07) is 5.88. The Morgan fingerprint density at radius 1 is 1.24 bits per heavy atom. The molecule has 10 heteroatoms. The molecule has 0 saturated carbocycles. The van der Waals surface area contributed by atoms with Gasteiger partial charge in [-0.15, -0.1) is 0 Å². The predicted octanol–water partition coefficient (Wildman–Crippen LogP) is 1.66. The first-order valence-corrected chi connectivity index (χ1v) is 11.2. The number of hydrogen-bond donors (Lipinski definition) is 2. The van der Waals surface area contributed by atoms with Crippen LogP contribution in [0.4, 0.5) is 5.69 Å². The maximum absolute atomic E-state index is 12.7. The standard InChI is InChI=1S/C19H23N3O6Se/c1-11-15(18(23)27-2)16(12-5-4-6-13(9-12)22(25)26)17(19(24)28-3)14(21-11)10-29-8-7-20/h4-6,9,16,21H,7-8,10,20H2,1-3H3. The van der Waals surface area contributed by atoms with Crippen molar-refractivity contribution in [2.45, 2.75) is 23.5 Å². The van der Waals surface area contributed by atoms with Crippen LogP contribution in [0.2, 0.25) is 10.6 Å². The summed E-state index contributed by atoms with van der Waals surface area (Å²) in [6.45, 7) is 2.25. The van der Waals surface area contributed by atoms with Crippen LogP contribution in [0.15, 0.2) is 46.8 Å². The molecule has 0 aromatic heterocycles. The normalized spacial score (nSPS) is 16.3. The van der Waals surface area contributed by atoms with Crippen LogP contribution < -0.4 is 11.1 Å². The van der Waals surface area contributed by atoms with Crippen molar-refractivity contribution in [1.82, 2.24) is 5.32 Å². The van der Waals surface area contributed by atoms with Gasteiger partial charge in [-0.1, -0.05) is 0 Å². The number of carbonyl (C=O) groups is 2. The molecule has 0 saturated heterocycles. The zero-order chi connectivity index (χ0) is 21.6. The summed E-state index contributed by atoms with van der Waals surface area (Å²) in [7, 11) is 2.50. The zero-order valence-corrected chi connectivity index (χ0v) is 18.1. The summed E-state index contributed by atoms with van der Waals surface area (Å²) in [6.07, 6.45) is 0. The molecule has 1 aromatic rings. The molecule has 2 rings (SSSR count). The molecule has 1 aromatic carbocycles. The van der Waals surface area contributed by atoms with Crippen molar-refractivity contribution in [3.8, 4) is 0 Å². The molecule has 1 aliphatic heterocycles. The number of rotatable bonds is 8. The second-order valence-corrected chi connectivity index (χ2v) is 8.48. The molecule has 1 unspecified atom stereocenters. The number of nitro groups is 1. The fourth-order valence-corrected chi connectivity index (χ4v) is 4.71. The summed E-state index contributed by atoms with van der Waals surface area (Å²) in [5.41, 5.74) is 7.50. The number of allylic oxidation sites excluding steroid dienone is 2. The van der Waals surface area contributed by atoms with Gasteiger partial charge < -0.3 is 0 Å². The predicted molar refractivity (Wildman–Crippen MR) is 107 cm³/mol. The van der Waals surface area contributed by atoms with Gasteiger partial charge in [0.15, 0.2) is 0 Å². The van der Waals surface area contributed by atoms with Gasteiger partial charge in [-0.25, -0.2) is 0 Å². The first kappa shape index (κ1) is 22.6. The van der Waals surface area contributed by atoms with E-state index < -0.39 is 22.8 Å². The summed E-state index contributed by atoms with van der Waals surface area (Å²) in [5.74, 6) is -2.08. The molecule has 3 N–H and O–H groups in total. The van der Waals surface area contributed by atoms with Gasteiger partial charge in [0, 0.05) is 0 Å². The number of nitrogens with zero attached hydrogens (tertiary/aromatic N) is 1. The Bertz CT molecular complexity index is 880. The molecule has 0 aliphatic carbocycles. The Kier molecular flexibility index (Phi) is 7.95. The second kappa shape index (κ2) is 10.2. The first-order chi connectivity index (χ1) is 13.8. The molecule has 1 atom stereocenters. The number of methoxy groups -OCH3 is 2. The topological polar surface area (TPSA) is 134 Å². The summed E-state index contributed by atoms with van der Waals surface area (Å²) in [4.78, 5) is 36.0. The summed E-state index contributed by atoms with van der Waals surface area (Å²) in [5, 5.41) is 15.8. The number of carbonyl (C=O) groups excluding carboxylic acids is 2. The molecule has 0 radical (unpaired) electrons. The van der Waals surface area contributed by atoms with Gasteiger partial charge in [-0.2, -0.15) is 0 Å². The van der Waals surface area contributed by atoms with E-state index in [1.54, 1.807) is 13.0 Å². The fraction of sp³-hybridized carbons (Fsp3) is 0.368. The average molecular weight is 468 g/mol. The van der Waals surface area contributed by atoms with Crippen molar-refractivity contribution >= 4 is 32.6 Å². The van der Waals surface area contributed by atoms with Crippen LogP contribution in [0.5, 0.6) is 0 Å². The molecule has 1 heterocycles. The number of nitrogens with two attached hydrogens (primary N) is 1. The molecular weight excluding hydrogens is 445 g/mol. The SMILES string of the molecule is COC(=O)C1=C(C)NC(C[Se]CCN)=C(C(=O)OC)C1c1cccc([N+](=O)[O-])c1. The summed E-state index contributed by atoms with van der Waals surface area (Å²) < 4.78 is 9.92. The summed E-state index contributed by atoms with van der Waals surface area (Å²) >= 11 is 0.132.